The third-order valence-electron chi connectivity index (χ3n) is 4.78. The quantitative estimate of drug-likeness (QED) is 0.359. The minimum atomic E-state index is -0.198. The van der Waals surface area contributed by atoms with E-state index in [4.69, 9.17) is 9.47 Å². The van der Waals surface area contributed by atoms with Gasteiger partial charge in [0.15, 0.2) is 0 Å². The molecule has 0 aliphatic heterocycles. The van der Waals surface area contributed by atoms with Crippen LogP contribution in [0.4, 0.5) is 5.69 Å². The molecule has 0 fully saturated rings. The van der Waals surface area contributed by atoms with Gasteiger partial charge in [0, 0.05) is 15.6 Å². The zero-order chi connectivity index (χ0) is 20.9. The lowest BCUT2D eigenvalue weighted by Gasteiger charge is -2.13. The molecule has 4 nitrogen and oxygen atoms in total. The first-order valence-electron chi connectivity index (χ1n) is 9.48. The lowest BCUT2D eigenvalue weighted by Crippen LogP contribution is -2.13. The highest BCUT2D eigenvalue weighted by Crippen LogP contribution is 2.26. The third-order valence-corrected chi connectivity index (χ3v) is 5.47. The molecule has 1 N–H and O–H groups in total. The molecule has 4 aromatic carbocycles. The van der Waals surface area contributed by atoms with Crippen molar-refractivity contribution in [2.75, 3.05) is 12.4 Å². The molecule has 1 amide bonds. The molecule has 4 aromatic rings. The van der Waals surface area contributed by atoms with Crippen molar-refractivity contribution in [2.45, 2.75) is 6.61 Å². The van der Waals surface area contributed by atoms with E-state index in [1.807, 2.05) is 54.6 Å². The van der Waals surface area contributed by atoms with Crippen molar-refractivity contribution in [1.82, 2.24) is 0 Å². The van der Waals surface area contributed by atoms with Crippen LogP contribution in [-0.2, 0) is 6.61 Å². The molecule has 0 radical (unpaired) electrons. The van der Waals surface area contributed by atoms with Crippen molar-refractivity contribution >= 4 is 38.3 Å². The number of hydrogen-bond donors (Lipinski definition) is 1. The van der Waals surface area contributed by atoms with Gasteiger partial charge in [-0.25, -0.2) is 0 Å². The van der Waals surface area contributed by atoms with E-state index < -0.39 is 0 Å². The highest BCUT2D eigenvalue weighted by Gasteiger charge is 2.12. The Balaban J connectivity index is 1.53. The summed E-state index contributed by atoms with van der Waals surface area (Å²) in [5, 5.41) is 5.19. The number of nitrogens with one attached hydrogen (secondary N) is 1. The summed E-state index contributed by atoms with van der Waals surface area (Å²) < 4.78 is 12.3. The van der Waals surface area contributed by atoms with Crippen LogP contribution in [0.5, 0.6) is 11.5 Å². The molecule has 30 heavy (non-hydrogen) atoms. The third kappa shape index (κ3) is 4.47. The van der Waals surface area contributed by atoms with Gasteiger partial charge in [-0.15, -0.1) is 0 Å². The molecule has 0 saturated carbocycles. The Hall–Kier alpha value is -3.31. The minimum absolute atomic E-state index is 0.198. The number of anilines is 1. The summed E-state index contributed by atoms with van der Waals surface area (Å²) in [6.07, 6.45) is 0. The second kappa shape index (κ2) is 9.01. The van der Waals surface area contributed by atoms with Gasteiger partial charge in [-0.2, -0.15) is 0 Å². The zero-order valence-corrected chi connectivity index (χ0v) is 18.0. The molecule has 0 spiro atoms. The summed E-state index contributed by atoms with van der Waals surface area (Å²) in [5.74, 6) is 1.24. The summed E-state index contributed by atoms with van der Waals surface area (Å²) in [6, 6.07) is 26.9. The van der Waals surface area contributed by atoms with Crippen molar-refractivity contribution < 1.29 is 14.3 Å². The molecular formula is C25H20BrNO3. The van der Waals surface area contributed by atoms with Gasteiger partial charge in [0.1, 0.15) is 18.1 Å². The minimum Gasteiger partial charge on any atom is -0.496 e. The topological polar surface area (TPSA) is 47.6 Å². The molecule has 4 rings (SSSR count). The van der Waals surface area contributed by atoms with Gasteiger partial charge in [0.05, 0.1) is 12.8 Å². The van der Waals surface area contributed by atoms with Crippen LogP contribution in [0.1, 0.15) is 15.9 Å². The first-order chi connectivity index (χ1) is 14.6. The van der Waals surface area contributed by atoms with E-state index in [9.17, 15) is 4.79 Å². The molecule has 0 aliphatic rings. The molecule has 0 heterocycles. The second-order valence-electron chi connectivity index (χ2n) is 6.76. The SMILES string of the molecule is COc1ccc(C(=O)Nc2ccccc2Br)cc1COc1ccc2ccccc2c1. The van der Waals surface area contributed by atoms with E-state index in [0.717, 1.165) is 26.6 Å². The molecule has 0 atom stereocenters. The van der Waals surface area contributed by atoms with Crippen LogP contribution in [0.25, 0.3) is 10.8 Å². The fraction of sp³-hybridized carbons (Fsp3) is 0.0800. The molecule has 0 aromatic heterocycles. The van der Waals surface area contributed by atoms with Crippen molar-refractivity contribution in [1.29, 1.82) is 0 Å². The number of benzene rings is 4. The molecule has 0 bridgehead atoms. The fourth-order valence-corrected chi connectivity index (χ4v) is 3.59. The average molecular weight is 462 g/mol. The normalized spacial score (nSPS) is 10.6. The number of carbonyl (C=O) groups excluding carboxylic acids is 1. The van der Waals surface area contributed by atoms with E-state index in [1.54, 1.807) is 25.3 Å². The van der Waals surface area contributed by atoms with Crippen LogP contribution < -0.4 is 14.8 Å². The van der Waals surface area contributed by atoms with Gasteiger partial charge in [-0.1, -0.05) is 42.5 Å². The number of methoxy groups -OCH3 is 1. The molecular weight excluding hydrogens is 442 g/mol. The maximum absolute atomic E-state index is 12.7. The first-order valence-corrected chi connectivity index (χ1v) is 10.3. The van der Waals surface area contributed by atoms with Gasteiger partial charge in [0.25, 0.3) is 5.91 Å². The number of amides is 1. The summed E-state index contributed by atoms with van der Waals surface area (Å²) in [4.78, 5) is 12.7. The van der Waals surface area contributed by atoms with E-state index in [1.165, 1.54) is 0 Å². The predicted octanol–water partition coefficient (Wildman–Crippen LogP) is 6.44. The lowest BCUT2D eigenvalue weighted by atomic mass is 10.1. The van der Waals surface area contributed by atoms with Gasteiger partial charge in [-0.3, -0.25) is 4.79 Å². The average Bonchev–Trinajstić information content (AvgIpc) is 2.78. The zero-order valence-electron chi connectivity index (χ0n) is 16.4. The number of hydrogen-bond acceptors (Lipinski definition) is 3. The first kappa shape index (κ1) is 20.0. The van der Waals surface area contributed by atoms with Crippen molar-refractivity contribution in [3.63, 3.8) is 0 Å². The van der Waals surface area contributed by atoms with E-state index >= 15 is 0 Å². The molecule has 5 heteroatoms. The monoisotopic (exact) mass is 461 g/mol. The van der Waals surface area contributed by atoms with Crippen LogP contribution >= 0.6 is 15.9 Å². The van der Waals surface area contributed by atoms with Crippen LogP contribution in [0.2, 0.25) is 0 Å². The Morgan fingerprint density at radius 3 is 2.47 bits per heavy atom. The van der Waals surface area contributed by atoms with Crippen molar-refractivity contribution in [3.8, 4) is 11.5 Å². The standard InChI is InChI=1S/C25H20BrNO3/c1-29-24-13-11-19(25(28)27-23-9-5-4-8-22(23)26)14-20(24)16-30-21-12-10-17-6-2-3-7-18(17)15-21/h2-15H,16H2,1H3,(H,27,28). The molecule has 150 valence electrons. The van der Waals surface area contributed by atoms with Crippen LogP contribution in [0.3, 0.4) is 0 Å². The number of rotatable bonds is 6. The van der Waals surface area contributed by atoms with Crippen molar-refractivity contribution in [2.24, 2.45) is 0 Å². The van der Waals surface area contributed by atoms with Gasteiger partial charge in [-0.05, 0) is 69.2 Å². The van der Waals surface area contributed by atoms with Crippen LogP contribution in [0, 0.1) is 0 Å². The molecule has 0 saturated heterocycles. The Morgan fingerprint density at radius 1 is 0.900 bits per heavy atom. The fourth-order valence-electron chi connectivity index (χ4n) is 3.21. The number of para-hydroxylation sites is 1. The summed E-state index contributed by atoms with van der Waals surface area (Å²) in [6.45, 7) is 0.289. The molecule has 0 aliphatic carbocycles. The Kier molecular flexibility index (Phi) is 6.00. The number of halogens is 1. The maximum atomic E-state index is 12.7. The van der Waals surface area contributed by atoms with Gasteiger partial charge >= 0.3 is 0 Å². The number of carbonyl (C=O) groups is 1. The van der Waals surface area contributed by atoms with Crippen LogP contribution in [-0.4, -0.2) is 13.0 Å². The van der Waals surface area contributed by atoms with E-state index in [0.29, 0.717) is 17.0 Å². The Labute approximate surface area is 183 Å². The predicted molar refractivity (Wildman–Crippen MR) is 123 cm³/mol. The smallest absolute Gasteiger partial charge is 0.255 e. The maximum Gasteiger partial charge on any atom is 0.255 e. The Bertz CT molecular complexity index is 1210. The van der Waals surface area contributed by atoms with Crippen molar-refractivity contribution in [3.05, 3.63) is 101 Å². The Morgan fingerprint density at radius 2 is 1.67 bits per heavy atom. The lowest BCUT2D eigenvalue weighted by molar-refractivity contribution is 0.102. The second-order valence-corrected chi connectivity index (χ2v) is 7.61. The highest BCUT2D eigenvalue weighted by atomic mass is 79.9. The largest absolute Gasteiger partial charge is 0.496 e. The summed E-state index contributed by atoms with van der Waals surface area (Å²) in [7, 11) is 1.61. The summed E-state index contributed by atoms with van der Waals surface area (Å²) in [5.41, 5.74) is 2.04. The van der Waals surface area contributed by atoms with Gasteiger partial charge < -0.3 is 14.8 Å². The highest BCUT2D eigenvalue weighted by molar-refractivity contribution is 9.10. The van der Waals surface area contributed by atoms with Crippen LogP contribution in [0.15, 0.2) is 89.4 Å². The number of ether oxygens (including phenoxy) is 2. The number of fused-ring (bicyclic) bond motifs is 1. The van der Waals surface area contributed by atoms with Gasteiger partial charge in [0.2, 0.25) is 0 Å². The van der Waals surface area contributed by atoms with E-state index in [-0.39, 0.29) is 12.5 Å². The molecule has 0 unspecified atom stereocenters. The summed E-state index contributed by atoms with van der Waals surface area (Å²) >= 11 is 3.45. The van der Waals surface area contributed by atoms with E-state index in [2.05, 4.69) is 33.4 Å².